The quantitative estimate of drug-likeness (QED) is 0.458. The fraction of sp³-hybridized carbons (Fsp3) is 0.125. The van der Waals surface area contributed by atoms with Gasteiger partial charge in [0.1, 0.15) is 5.52 Å². The second-order valence-corrected chi connectivity index (χ2v) is 7.62. The molecule has 0 saturated carbocycles. The van der Waals surface area contributed by atoms with Gasteiger partial charge in [-0.05, 0) is 49.2 Å². The Morgan fingerprint density at radius 2 is 1.87 bits per heavy atom. The Morgan fingerprint density at radius 3 is 2.65 bits per heavy atom. The van der Waals surface area contributed by atoms with E-state index in [0.717, 1.165) is 33.5 Å². The van der Waals surface area contributed by atoms with Gasteiger partial charge in [-0.15, -0.1) is 5.10 Å². The summed E-state index contributed by atoms with van der Waals surface area (Å²) in [5.41, 5.74) is 11.0. The Labute approximate surface area is 179 Å². The molecule has 0 fully saturated rings. The lowest BCUT2D eigenvalue weighted by Crippen LogP contribution is -2.12. The third-order valence-corrected chi connectivity index (χ3v) is 5.50. The number of nitrogens with two attached hydrogens (primary N) is 1. The van der Waals surface area contributed by atoms with E-state index in [1.807, 2.05) is 71.6 Å². The highest BCUT2D eigenvalue weighted by molar-refractivity contribution is 6.06. The molecule has 0 saturated heterocycles. The molecule has 3 heterocycles. The number of benzene rings is 2. The van der Waals surface area contributed by atoms with Crippen LogP contribution in [0.4, 0.5) is 5.82 Å². The molecule has 0 aliphatic rings. The molecule has 5 rings (SSSR count). The smallest absolute Gasteiger partial charge is 0.254 e. The van der Waals surface area contributed by atoms with Gasteiger partial charge < -0.3 is 11.1 Å². The Morgan fingerprint density at radius 1 is 1.06 bits per heavy atom. The first kappa shape index (κ1) is 18.9. The van der Waals surface area contributed by atoms with Crippen LogP contribution in [0.25, 0.3) is 22.4 Å². The standard InChI is InChI=1S/C24H22N6O/c1-15-11-12-29-21(15)23(26-14-17-7-4-3-5-8-17)27-24(28-29)30-16(2)13-19-18(22(25)31)9-6-10-20(19)30/h3-13H,14H2,1-2H3,(H2,25,31)(H,26,27,28). The zero-order valence-corrected chi connectivity index (χ0v) is 17.3. The molecule has 7 nitrogen and oxygen atoms in total. The van der Waals surface area contributed by atoms with Crippen molar-refractivity contribution in [1.82, 2.24) is 19.2 Å². The van der Waals surface area contributed by atoms with Crippen molar-refractivity contribution in [3.63, 3.8) is 0 Å². The number of rotatable bonds is 5. The minimum atomic E-state index is -0.453. The van der Waals surface area contributed by atoms with Crippen molar-refractivity contribution in [3.05, 3.63) is 89.2 Å². The van der Waals surface area contributed by atoms with E-state index in [1.54, 1.807) is 6.07 Å². The maximum atomic E-state index is 11.9. The van der Waals surface area contributed by atoms with Gasteiger partial charge in [0.05, 0.1) is 5.52 Å². The third-order valence-electron chi connectivity index (χ3n) is 5.50. The summed E-state index contributed by atoms with van der Waals surface area (Å²) in [6.45, 7) is 4.66. The number of primary amides is 1. The Bertz CT molecular complexity index is 1430. The van der Waals surface area contributed by atoms with Crippen LogP contribution in [0, 0.1) is 13.8 Å². The van der Waals surface area contributed by atoms with Crippen LogP contribution in [0.5, 0.6) is 0 Å². The first-order chi connectivity index (χ1) is 15.0. The number of hydrogen-bond donors (Lipinski definition) is 2. The molecule has 2 aromatic carbocycles. The number of carbonyl (C=O) groups is 1. The summed E-state index contributed by atoms with van der Waals surface area (Å²) < 4.78 is 3.79. The zero-order valence-electron chi connectivity index (χ0n) is 17.3. The highest BCUT2D eigenvalue weighted by atomic mass is 16.1. The fourth-order valence-corrected chi connectivity index (χ4v) is 4.01. The lowest BCUT2D eigenvalue weighted by Gasteiger charge is -2.13. The van der Waals surface area contributed by atoms with E-state index in [9.17, 15) is 4.79 Å². The van der Waals surface area contributed by atoms with Crippen molar-refractivity contribution in [1.29, 1.82) is 0 Å². The normalized spacial score (nSPS) is 11.3. The van der Waals surface area contributed by atoms with Gasteiger partial charge in [-0.1, -0.05) is 36.4 Å². The number of hydrogen-bond acceptors (Lipinski definition) is 4. The predicted molar refractivity (Wildman–Crippen MR) is 122 cm³/mol. The fourth-order valence-electron chi connectivity index (χ4n) is 4.01. The molecule has 0 unspecified atom stereocenters. The molecule has 5 aromatic rings. The molecule has 3 aromatic heterocycles. The average Bonchev–Trinajstić information content (AvgIpc) is 3.31. The number of fused-ring (bicyclic) bond motifs is 2. The van der Waals surface area contributed by atoms with Crippen molar-refractivity contribution >= 4 is 28.1 Å². The largest absolute Gasteiger partial charge is 0.366 e. The molecular formula is C24H22N6O. The van der Waals surface area contributed by atoms with Gasteiger partial charge >= 0.3 is 0 Å². The molecule has 0 bridgehead atoms. The van der Waals surface area contributed by atoms with Crippen molar-refractivity contribution in [2.24, 2.45) is 5.73 Å². The summed E-state index contributed by atoms with van der Waals surface area (Å²) in [5, 5.41) is 9.01. The summed E-state index contributed by atoms with van der Waals surface area (Å²) in [6.07, 6.45) is 1.93. The summed E-state index contributed by atoms with van der Waals surface area (Å²) in [4.78, 5) is 16.8. The molecule has 0 spiro atoms. The highest BCUT2D eigenvalue weighted by Crippen LogP contribution is 2.27. The van der Waals surface area contributed by atoms with E-state index in [4.69, 9.17) is 15.8 Å². The number of amides is 1. The van der Waals surface area contributed by atoms with E-state index in [2.05, 4.69) is 17.4 Å². The number of aryl methyl sites for hydroxylation is 2. The first-order valence-electron chi connectivity index (χ1n) is 10.1. The van der Waals surface area contributed by atoms with Crippen LogP contribution in [0.1, 0.15) is 27.2 Å². The minimum Gasteiger partial charge on any atom is -0.366 e. The number of nitrogens with zero attached hydrogens (tertiary/aromatic N) is 4. The molecule has 3 N–H and O–H groups in total. The van der Waals surface area contributed by atoms with Crippen molar-refractivity contribution in [2.75, 3.05) is 5.32 Å². The summed E-state index contributed by atoms with van der Waals surface area (Å²) in [6, 6.07) is 19.7. The Hall–Kier alpha value is -4.13. The van der Waals surface area contributed by atoms with Gasteiger partial charge in [0, 0.05) is 29.4 Å². The van der Waals surface area contributed by atoms with Crippen molar-refractivity contribution in [2.45, 2.75) is 20.4 Å². The second kappa shape index (κ2) is 7.28. The predicted octanol–water partition coefficient (Wildman–Crippen LogP) is 4.00. The minimum absolute atomic E-state index is 0.453. The van der Waals surface area contributed by atoms with Crippen LogP contribution in [0.3, 0.4) is 0 Å². The number of carbonyl (C=O) groups excluding carboxylic acids is 1. The molecule has 154 valence electrons. The van der Waals surface area contributed by atoms with Crippen LogP contribution < -0.4 is 11.1 Å². The second-order valence-electron chi connectivity index (χ2n) is 7.62. The molecule has 0 aliphatic carbocycles. The summed E-state index contributed by atoms with van der Waals surface area (Å²) in [5.74, 6) is 0.821. The van der Waals surface area contributed by atoms with E-state index >= 15 is 0 Å². The molecule has 0 radical (unpaired) electrons. The van der Waals surface area contributed by atoms with Crippen molar-refractivity contribution in [3.8, 4) is 5.95 Å². The first-order valence-corrected chi connectivity index (χ1v) is 10.1. The zero-order chi connectivity index (χ0) is 21.5. The molecule has 0 atom stereocenters. The van der Waals surface area contributed by atoms with Gasteiger partial charge in [0.15, 0.2) is 5.82 Å². The molecule has 0 aliphatic heterocycles. The van der Waals surface area contributed by atoms with Crippen LogP contribution >= 0.6 is 0 Å². The summed E-state index contributed by atoms with van der Waals surface area (Å²) in [7, 11) is 0. The molecule has 7 heteroatoms. The van der Waals surface area contributed by atoms with Crippen LogP contribution in [-0.2, 0) is 6.54 Å². The van der Waals surface area contributed by atoms with E-state index in [0.29, 0.717) is 18.1 Å². The Balaban J connectivity index is 1.67. The summed E-state index contributed by atoms with van der Waals surface area (Å²) >= 11 is 0. The van der Waals surface area contributed by atoms with Gasteiger partial charge in [0.2, 0.25) is 5.91 Å². The van der Waals surface area contributed by atoms with Crippen LogP contribution in [0.15, 0.2) is 66.9 Å². The maximum Gasteiger partial charge on any atom is 0.254 e. The van der Waals surface area contributed by atoms with Crippen molar-refractivity contribution < 1.29 is 4.79 Å². The SMILES string of the molecule is Cc1ccn2nc(-n3c(C)cc4c(C(N)=O)cccc43)nc(NCc3ccccc3)c12. The average molecular weight is 410 g/mol. The van der Waals surface area contributed by atoms with Gasteiger partial charge in [0.25, 0.3) is 5.95 Å². The molecular weight excluding hydrogens is 388 g/mol. The third kappa shape index (κ3) is 3.20. The topological polar surface area (TPSA) is 90.2 Å². The van der Waals surface area contributed by atoms with Gasteiger partial charge in [-0.25, -0.2) is 4.52 Å². The monoisotopic (exact) mass is 410 g/mol. The number of nitrogens with one attached hydrogen (secondary N) is 1. The Kier molecular flexibility index (Phi) is 4.43. The molecule has 31 heavy (non-hydrogen) atoms. The highest BCUT2D eigenvalue weighted by Gasteiger charge is 2.17. The lowest BCUT2D eigenvalue weighted by molar-refractivity contribution is 0.100. The number of anilines is 1. The maximum absolute atomic E-state index is 11.9. The van der Waals surface area contributed by atoms with E-state index in [-0.39, 0.29) is 0 Å². The van der Waals surface area contributed by atoms with Gasteiger partial charge in [-0.2, -0.15) is 4.98 Å². The lowest BCUT2D eigenvalue weighted by atomic mass is 10.1. The van der Waals surface area contributed by atoms with E-state index in [1.165, 1.54) is 5.56 Å². The number of aromatic nitrogens is 4. The van der Waals surface area contributed by atoms with Gasteiger partial charge in [-0.3, -0.25) is 9.36 Å². The van der Waals surface area contributed by atoms with E-state index < -0.39 is 5.91 Å². The van der Waals surface area contributed by atoms with Crippen LogP contribution in [-0.4, -0.2) is 25.1 Å². The van der Waals surface area contributed by atoms with Crippen LogP contribution in [0.2, 0.25) is 0 Å². The molecule has 1 amide bonds.